The summed E-state index contributed by atoms with van der Waals surface area (Å²) in [6.07, 6.45) is 0.881. The first-order valence-corrected chi connectivity index (χ1v) is 6.02. The van der Waals surface area contributed by atoms with Crippen LogP contribution in [-0.2, 0) is 4.79 Å². The van der Waals surface area contributed by atoms with Gasteiger partial charge in [0.2, 0.25) is 5.91 Å². The molecule has 9 heteroatoms. The highest BCUT2D eigenvalue weighted by Gasteiger charge is 2.27. The Labute approximate surface area is 119 Å². The molecule has 0 saturated heterocycles. The number of carbonyl (C=O) groups is 2. The highest BCUT2D eigenvalue weighted by Crippen LogP contribution is 2.20. The van der Waals surface area contributed by atoms with Gasteiger partial charge in [-0.25, -0.2) is 4.98 Å². The van der Waals surface area contributed by atoms with Crippen LogP contribution in [0.2, 0.25) is 5.15 Å². The van der Waals surface area contributed by atoms with Crippen LogP contribution < -0.4 is 11.1 Å². The predicted octanol–water partition coefficient (Wildman–Crippen LogP) is 0.883. The van der Waals surface area contributed by atoms with E-state index in [1.165, 1.54) is 0 Å². The number of carbonyl (C=O) groups excluding carboxylic acids is 2. The van der Waals surface area contributed by atoms with E-state index >= 15 is 0 Å². The summed E-state index contributed by atoms with van der Waals surface area (Å²) < 4.78 is 0. The molecular weight excluding hydrogens is 288 g/mol. The van der Waals surface area contributed by atoms with Gasteiger partial charge in [0.05, 0.1) is 4.92 Å². The van der Waals surface area contributed by atoms with E-state index in [9.17, 15) is 19.7 Å². The van der Waals surface area contributed by atoms with Gasteiger partial charge in [-0.15, -0.1) is 0 Å². The summed E-state index contributed by atoms with van der Waals surface area (Å²) in [5, 5.41) is 13.1. The van der Waals surface area contributed by atoms with Crippen molar-refractivity contribution in [2.45, 2.75) is 19.9 Å². The molecule has 108 valence electrons. The average molecular weight is 301 g/mol. The molecule has 0 aliphatic carbocycles. The van der Waals surface area contributed by atoms with Crippen LogP contribution in [0.4, 0.5) is 5.69 Å². The van der Waals surface area contributed by atoms with Gasteiger partial charge in [0.1, 0.15) is 23.0 Å². The van der Waals surface area contributed by atoms with E-state index in [0.29, 0.717) is 0 Å². The standard InChI is InChI=1S/C11H13ClN4O4/c1-5(2)9(10(13)17)15-11(18)6-3-8(12)14-4-7(6)16(19)20/h3-5,9H,1-2H3,(H2,13,17)(H,15,18). The third-order valence-electron chi connectivity index (χ3n) is 2.55. The van der Waals surface area contributed by atoms with Crippen LogP contribution in [0.15, 0.2) is 12.3 Å². The fourth-order valence-corrected chi connectivity index (χ4v) is 1.69. The summed E-state index contributed by atoms with van der Waals surface area (Å²) >= 11 is 5.62. The number of nitrogens with one attached hydrogen (secondary N) is 1. The van der Waals surface area contributed by atoms with Gasteiger partial charge in [-0.05, 0) is 12.0 Å². The van der Waals surface area contributed by atoms with E-state index in [1.54, 1.807) is 13.8 Å². The lowest BCUT2D eigenvalue weighted by Crippen LogP contribution is -2.47. The zero-order valence-electron chi connectivity index (χ0n) is 10.8. The van der Waals surface area contributed by atoms with E-state index in [4.69, 9.17) is 17.3 Å². The van der Waals surface area contributed by atoms with Gasteiger partial charge < -0.3 is 11.1 Å². The molecule has 0 aliphatic heterocycles. The number of halogens is 1. The first-order chi connectivity index (χ1) is 9.23. The van der Waals surface area contributed by atoms with Crippen LogP contribution >= 0.6 is 11.6 Å². The Bertz CT molecular complexity index is 561. The third kappa shape index (κ3) is 3.64. The zero-order chi connectivity index (χ0) is 15.4. The monoisotopic (exact) mass is 300 g/mol. The molecule has 0 spiro atoms. The molecule has 8 nitrogen and oxygen atoms in total. The number of hydrogen-bond donors (Lipinski definition) is 2. The molecule has 0 aliphatic rings. The Balaban J connectivity index is 3.11. The van der Waals surface area contributed by atoms with Gasteiger partial charge in [0.15, 0.2) is 0 Å². The van der Waals surface area contributed by atoms with Crippen molar-refractivity contribution in [3.05, 3.63) is 33.1 Å². The fourth-order valence-electron chi connectivity index (χ4n) is 1.54. The van der Waals surface area contributed by atoms with E-state index in [2.05, 4.69) is 10.3 Å². The first kappa shape index (κ1) is 15.8. The van der Waals surface area contributed by atoms with Crippen LogP contribution in [0.25, 0.3) is 0 Å². The van der Waals surface area contributed by atoms with Crippen molar-refractivity contribution in [3.63, 3.8) is 0 Å². The maximum absolute atomic E-state index is 12.0. The van der Waals surface area contributed by atoms with Crippen molar-refractivity contribution in [2.24, 2.45) is 11.7 Å². The van der Waals surface area contributed by atoms with Crippen molar-refractivity contribution in [1.82, 2.24) is 10.3 Å². The Morgan fingerprint density at radius 1 is 1.50 bits per heavy atom. The summed E-state index contributed by atoms with van der Waals surface area (Å²) in [6.45, 7) is 3.37. The molecule has 3 N–H and O–H groups in total. The minimum Gasteiger partial charge on any atom is -0.368 e. The first-order valence-electron chi connectivity index (χ1n) is 5.64. The minimum absolute atomic E-state index is 0.0686. The average Bonchev–Trinajstić information content (AvgIpc) is 2.34. The van der Waals surface area contributed by atoms with Gasteiger partial charge in [0, 0.05) is 0 Å². The number of nitrogens with zero attached hydrogens (tertiary/aromatic N) is 2. The molecule has 20 heavy (non-hydrogen) atoms. The highest BCUT2D eigenvalue weighted by atomic mass is 35.5. The van der Waals surface area contributed by atoms with Crippen molar-refractivity contribution >= 4 is 29.1 Å². The SMILES string of the molecule is CC(C)C(NC(=O)c1cc(Cl)ncc1[N+](=O)[O-])C(N)=O. The second-order valence-corrected chi connectivity index (χ2v) is 4.77. The fraction of sp³-hybridized carbons (Fsp3) is 0.364. The van der Waals surface area contributed by atoms with Crippen molar-refractivity contribution < 1.29 is 14.5 Å². The summed E-state index contributed by atoms with van der Waals surface area (Å²) in [5.74, 6) is -1.79. The number of rotatable bonds is 5. The van der Waals surface area contributed by atoms with Crippen LogP contribution in [0.1, 0.15) is 24.2 Å². The highest BCUT2D eigenvalue weighted by molar-refractivity contribution is 6.29. The number of pyridine rings is 1. The quantitative estimate of drug-likeness (QED) is 0.474. The lowest BCUT2D eigenvalue weighted by atomic mass is 10.0. The molecule has 0 radical (unpaired) electrons. The molecule has 1 heterocycles. The van der Waals surface area contributed by atoms with Crippen LogP contribution in [0.3, 0.4) is 0 Å². The molecule has 0 bridgehead atoms. The number of hydrogen-bond acceptors (Lipinski definition) is 5. The van der Waals surface area contributed by atoms with Gasteiger partial charge >= 0.3 is 0 Å². The number of nitrogens with two attached hydrogens (primary N) is 1. The number of aromatic nitrogens is 1. The Kier molecular flexibility index (Phi) is 4.98. The Morgan fingerprint density at radius 2 is 2.10 bits per heavy atom. The lowest BCUT2D eigenvalue weighted by molar-refractivity contribution is -0.385. The van der Waals surface area contributed by atoms with E-state index in [1.807, 2.05) is 0 Å². The normalized spacial score (nSPS) is 12.0. The van der Waals surface area contributed by atoms with Crippen LogP contribution in [0.5, 0.6) is 0 Å². The van der Waals surface area contributed by atoms with Gasteiger partial charge in [-0.1, -0.05) is 25.4 Å². The molecule has 0 aromatic carbocycles. The van der Waals surface area contributed by atoms with Gasteiger partial charge in [-0.2, -0.15) is 0 Å². The summed E-state index contributed by atoms with van der Waals surface area (Å²) in [7, 11) is 0. The second kappa shape index (κ2) is 6.29. The Hall–Kier alpha value is -2.22. The summed E-state index contributed by atoms with van der Waals surface area (Å²) in [6, 6.07) is 0.127. The Morgan fingerprint density at radius 3 is 2.55 bits per heavy atom. The number of amides is 2. The maximum Gasteiger partial charge on any atom is 0.300 e. The minimum atomic E-state index is -0.936. The van der Waals surface area contributed by atoms with Gasteiger partial charge in [-0.3, -0.25) is 19.7 Å². The molecule has 0 fully saturated rings. The van der Waals surface area contributed by atoms with Crippen molar-refractivity contribution in [3.8, 4) is 0 Å². The molecule has 1 rings (SSSR count). The molecule has 1 unspecified atom stereocenters. The number of nitro groups is 1. The van der Waals surface area contributed by atoms with E-state index < -0.39 is 28.5 Å². The van der Waals surface area contributed by atoms with Gasteiger partial charge in [0.25, 0.3) is 11.6 Å². The van der Waals surface area contributed by atoms with Crippen molar-refractivity contribution in [2.75, 3.05) is 0 Å². The summed E-state index contributed by atoms with van der Waals surface area (Å²) in [4.78, 5) is 36.9. The van der Waals surface area contributed by atoms with Crippen molar-refractivity contribution in [1.29, 1.82) is 0 Å². The number of primary amides is 1. The topological polar surface area (TPSA) is 128 Å². The molecular formula is C11H13ClN4O4. The maximum atomic E-state index is 12.0. The molecule has 0 saturated carbocycles. The lowest BCUT2D eigenvalue weighted by Gasteiger charge is -2.18. The predicted molar refractivity (Wildman–Crippen MR) is 71.2 cm³/mol. The van der Waals surface area contributed by atoms with E-state index in [-0.39, 0.29) is 16.6 Å². The van der Waals surface area contributed by atoms with Crippen LogP contribution in [-0.4, -0.2) is 27.8 Å². The largest absolute Gasteiger partial charge is 0.368 e. The molecule has 1 atom stereocenters. The smallest absolute Gasteiger partial charge is 0.300 e. The molecule has 1 aromatic rings. The second-order valence-electron chi connectivity index (χ2n) is 4.38. The summed E-state index contributed by atoms with van der Waals surface area (Å²) in [5.41, 5.74) is 4.39. The van der Waals surface area contributed by atoms with Crippen LogP contribution in [0, 0.1) is 16.0 Å². The zero-order valence-corrected chi connectivity index (χ0v) is 11.5. The third-order valence-corrected chi connectivity index (χ3v) is 2.76. The van der Waals surface area contributed by atoms with E-state index in [0.717, 1.165) is 12.3 Å². The molecule has 1 aromatic heterocycles. The molecule has 2 amide bonds.